The average molecular weight is 467 g/mol. The first kappa shape index (κ1) is 24.9. The van der Waals surface area contributed by atoms with Gasteiger partial charge in [0.05, 0.1) is 6.04 Å². The van der Waals surface area contributed by atoms with E-state index in [2.05, 4.69) is 11.4 Å². The van der Waals surface area contributed by atoms with Crippen LogP contribution < -0.4 is 5.32 Å². The van der Waals surface area contributed by atoms with E-state index in [1.54, 1.807) is 0 Å². The molecule has 0 radical (unpaired) electrons. The van der Waals surface area contributed by atoms with Crippen LogP contribution in [0.5, 0.6) is 0 Å². The molecule has 2 aliphatic carbocycles. The summed E-state index contributed by atoms with van der Waals surface area (Å²) in [5, 5.41) is 3.12. The maximum absolute atomic E-state index is 13.2. The summed E-state index contributed by atoms with van der Waals surface area (Å²) in [7, 11) is 0. The number of carbonyl (C=O) groups is 3. The molecule has 1 aliphatic heterocycles. The van der Waals surface area contributed by atoms with Gasteiger partial charge in [-0.15, -0.1) is 0 Å². The summed E-state index contributed by atoms with van der Waals surface area (Å²) < 4.78 is 0. The van der Waals surface area contributed by atoms with Crippen LogP contribution in [0, 0.1) is 11.8 Å². The maximum Gasteiger partial charge on any atom is 0.251 e. The monoisotopic (exact) mass is 466 g/mol. The van der Waals surface area contributed by atoms with Crippen LogP contribution in [0.1, 0.15) is 112 Å². The second-order valence-corrected chi connectivity index (χ2v) is 10.9. The Hall–Kier alpha value is -2.17. The van der Waals surface area contributed by atoms with Crippen LogP contribution in [0.15, 0.2) is 24.3 Å². The van der Waals surface area contributed by atoms with Gasteiger partial charge in [-0.2, -0.15) is 0 Å². The van der Waals surface area contributed by atoms with Gasteiger partial charge < -0.3 is 10.2 Å². The highest BCUT2D eigenvalue weighted by Gasteiger charge is 2.31. The molecule has 5 nitrogen and oxygen atoms in total. The topological polar surface area (TPSA) is 66.5 Å². The van der Waals surface area contributed by atoms with Gasteiger partial charge in [-0.1, -0.05) is 51.2 Å². The summed E-state index contributed by atoms with van der Waals surface area (Å²) in [4.78, 5) is 40.8. The molecule has 1 unspecified atom stereocenters. The van der Waals surface area contributed by atoms with Crippen molar-refractivity contribution in [2.24, 2.45) is 11.8 Å². The number of nitrogens with one attached hydrogen (secondary N) is 1. The van der Waals surface area contributed by atoms with Gasteiger partial charge in [0.2, 0.25) is 5.91 Å². The van der Waals surface area contributed by atoms with Gasteiger partial charge in [0.25, 0.3) is 5.91 Å². The van der Waals surface area contributed by atoms with Gasteiger partial charge in [-0.05, 0) is 68.1 Å². The Balaban J connectivity index is 1.40. The van der Waals surface area contributed by atoms with Crippen molar-refractivity contribution in [3.8, 4) is 0 Å². The molecule has 1 heterocycles. The second kappa shape index (κ2) is 12.0. The number of amides is 2. The predicted octanol–water partition coefficient (Wildman–Crippen LogP) is 5.63. The van der Waals surface area contributed by atoms with E-state index < -0.39 is 0 Å². The molecule has 5 heteroatoms. The van der Waals surface area contributed by atoms with E-state index in [0.717, 1.165) is 75.9 Å². The van der Waals surface area contributed by atoms with Crippen LogP contribution in [0.3, 0.4) is 0 Å². The number of rotatable bonds is 10. The zero-order valence-corrected chi connectivity index (χ0v) is 20.9. The number of ketones is 1. The molecule has 1 aromatic carbocycles. The Kier molecular flexibility index (Phi) is 8.80. The molecule has 0 aromatic heterocycles. The first-order chi connectivity index (χ1) is 16.5. The van der Waals surface area contributed by atoms with E-state index in [9.17, 15) is 14.4 Å². The predicted molar refractivity (Wildman–Crippen MR) is 135 cm³/mol. The van der Waals surface area contributed by atoms with Crippen molar-refractivity contribution >= 4 is 17.6 Å². The lowest BCUT2D eigenvalue weighted by atomic mass is 9.81. The minimum Gasteiger partial charge on any atom is -0.342 e. The minimum absolute atomic E-state index is 0.143. The van der Waals surface area contributed by atoms with Gasteiger partial charge >= 0.3 is 0 Å². The van der Waals surface area contributed by atoms with Gasteiger partial charge in [0.1, 0.15) is 0 Å². The Morgan fingerprint density at radius 1 is 1.00 bits per heavy atom. The standard InChI is InChI=1S/C29H42N2O3/c1-2-8-26(32)28(22-9-4-3-5-10-22)30-29(34)24-12-6-11-23(19-24)25-13-7-18-31(20-25)27(33)17-16-21-14-15-21/h6,11-12,19,21-22,25,28H,2-5,7-10,13-18,20H2,1H3,(H,30,34)/t25?,28-/m1/s1. The molecule has 3 fully saturated rings. The van der Waals surface area contributed by atoms with E-state index in [-0.39, 0.29) is 35.5 Å². The number of hydrogen-bond donors (Lipinski definition) is 1. The van der Waals surface area contributed by atoms with E-state index >= 15 is 0 Å². The number of likely N-dealkylation sites (tertiary alicyclic amines) is 1. The summed E-state index contributed by atoms with van der Waals surface area (Å²) in [5.41, 5.74) is 1.75. The Bertz CT molecular complexity index is 857. The Labute approximate surface area is 205 Å². The number of nitrogens with zero attached hydrogens (tertiary/aromatic N) is 1. The molecule has 0 bridgehead atoms. The smallest absolute Gasteiger partial charge is 0.251 e. The van der Waals surface area contributed by atoms with Crippen molar-refractivity contribution < 1.29 is 14.4 Å². The molecular weight excluding hydrogens is 424 g/mol. The maximum atomic E-state index is 13.2. The van der Waals surface area contributed by atoms with Crippen LogP contribution in [0.4, 0.5) is 0 Å². The summed E-state index contributed by atoms with van der Waals surface area (Å²) >= 11 is 0. The van der Waals surface area contributed by atoms with Crippen molar-refractivity contribution in [3.05, 3.63) is 35.4 Å². The van der Waals surface area contributed by atoms with Gasteiger partial charge in [-0.25, -0.2) is 0 Å². The first-order valence-corrected chi connectivity index (χ1v) is 13.8. The molecule has 4 rings (SSSR count). The Morgan fingerprint density at radius 3 is 2.53 bits per heavy atom. The van der Waals surface area contributed by atoms with E-state index in [1.807, 2.05) is 30.0 Å². The van der Waals surface area contributed by atoms with Crippen molar-refractivity contribution in [2.45, 2.75) is 102 Å². The van der Waals surface area contributed by atoms with Crippen LogP contribution in [0.25, 0.3) is 0 Å². The van der Waals surface area contributed by atoms with Crippen LogP contribution in [0.2, 0.25) is 0 Å². The number of hydrogen-bond acceptors (Lipinski definition) is 3. The van der Waals surface area contributed by atoms with Gasteiger partial charge in [0.15, 0.2) is 5.78 Å². The summed E-state index contributed by atoms with van der Waals surface area (Å²) in [5.74, 6) is 1.62. The third kappa shape index (κ3) is 6.70. The van der Waals surface area contributed by atoms with Crippen molar-refractivity contribution in [3.63, 3.8) is 0 Å². The molecule has 186 valence electrons. The first-order valence-electron chi connectivity index (χ1n) is 13.8. The summed E-state index contributed by atoms with van der Waals surface area (Å²) in [6, 6.07) is 7.50. The van der Waals surface area contributed by atoms with E-state index in [0.29, 0.717) is 18.4 Å². The fourth-order valence-corrected chi connectivity index (χ4v) is 5.86. The van der Waals surface area contributed by atoms with Crippen LogP contribution in [-0.2, 0) is 9.59 Å². The molecule has 2 atom stereocenters. The number of benzene rings is 1. The Morgan fingerprint density at radius 2 is 1.79 bits per heavy atom. The van der Waals surface area contributed by atoms with Crippen LogP contribution >= 0.6 is 0 Å². The SMILES string of the molecule is CCCC(=O)[C@H](NC(=O)c1cccc(C2CCCN(C(=O)CCC3CC3)C2)c1)C1CCCCC1. The molecule has 34 heavy (non-hydrogen) atoms. The lowest BCUT2D eigenvalue weighted by Gasteiger charge is -2.33. The lowest BCUT2D eigenvalue weighted by Crippen LogP contribution is -2.46. The van der Waals surface area contributed by atoms with E-state index in [4.69, 9.17) is 0 Å². The largest absolute Gasteiger partial charge is 0.342 e. The fraction of sp³-hybridized carbons (Fsp3) is 0.690. The third-order valence-corrected chi connectivity index (χ3v) is 8.11. The highest BCUT2D eigenvalue weighted by atomic mass is 16.2. The zero-order chi connectivity index (χ0) is 23.9. The number of piperidine rings is 1. The normalized spacial score (nSPS) is 22.3. The van der Waals surface area contributed by atoms with Gasteiger partial charge in [0, 0.05) is 37.4 Å². The second-order valence-electron chi connectivity index (χ2n) is 10.9. The molecular formula is C29H42N2O3. The average Bonchev–Trinajstić information content (AvgIpc) is 3.71. The molecule has 1 N–H and O–H groups in total. The molecule has 2 saturated carbocycles. The quantitative estimate of drug-likeness (QED) is 0.486. The number of Topliss-reactive ketones (excluding diaryl/α,β-unsaturated/α-hetero) is 1. The molecule has 1 aromatic rings. The fourth-order valence-electron chi connectivity index (χ4n) is 5.86. The highest BCUT2D eigenvalue weighted by molar-refractivity contribution is 5.98. The van der Waals surface area contributed by atoms with Crippen molar-refractivity contribution in [1.29, 1.82) is 0 Å². The molecule has 2 amide bonds. The highest BCUT2D eigenvalue weighted by Crippen LogP contribution is 2.34. The summed E-state index contributed by atoms with van der Waals surface area (Å²) in [6.45, 7) is 3.61. The zero-order valence-electron chi connectivity index (χ0n) is 20.9. The molecule has 1 saturated heterocycles. The van der Waals surface area contributed by atoms with Gasteiger partial charge in [-0.3, -0.25) is 14.4 Å². The van der Waals surface area contributed by atoms with E-state index in [1.165, 1.54) is 19.3 Å². The van der Waals surface area contributed by atoms with Crippen molar-refractivity contribution in [1.82, 2.24) is 10.2 Å². The molecule has 3 aliphatic rings. The lowest BCUT2D eigenvalue weighted by molar-refractivity contribution is -0.132. The third-order valence-electron chi connectivity index (χ3n) is 8.11. The minimum atomic E-state index is -0.370. The summed E-state index contributed by atoms with van der Waals surface area (Å²) in [6.07, 6.45) is 13.2. The van der Waals surface area contributed by atoms with Crippen molar-refractivity contribution in [2.75, 3.05) is 13.1 Å². The number of carbonyl (C=O) groups excluding carboxylic acids is 3. The van der Waals surface area contributed by atoms with Crippen LogP contribution in [-0.4, -0.2) is 41.6 Å². The molecule has 0 spiro atoms.